The van der Waals surface area contributed by atoms with Crippen molar-refractivity contribution >= 4 is 11.6 Å². The highest BCUT2D eigenvalue weighted by atomic mass is 19.1. The summed E-state index contributed by atoms with van der Waals surface area (Å²) >= 11 is 0. The van der Waals surface area contributed by atoms with Crippen LogP contribution in [0.4, 0.5) is 4.39 Å². The third-order valence-electron chi connectivity index (χ3n) is 3.12. The van der Waals surface area contributed by atoms with Gasteiger partial charge in [-0.1, -0.05) is 0 Å². The summed E-state index contributed by atoms with van der Waals surface area (Å²) in [5, 5.41) is 0. The first-order chi connectivity index (χ1) is 10.7. The van der Waals surface area contributed by atoms with Crippen LogP contribution in [0.15, 0.2) is 48.8 Å². The van der Waals surface area contributed by atoms with E-state index in [4.69, 9.17) is 4.74 Å². The van der Waals surface area contributed by atoms with Crippen LogP contribution in [0.1, 0.15) is 16.1 Å². The van der Waals surface area contributed by atoms with Gasteiger partial charge in [-0.2, -0.15) is 0 Å². The Morgan fingerprint density at radius 3 is 2.68 bits per heavy atom. The lowest BCUT2D eigenvalue weighted by molar-refractivity contribution is 0.0600. The minimum Gasteiger partial charge on any atom is -0.487 e. The van der Waals surface area contributed by atoms with Crippen LogP contribution in [0.25, 0.3) is 5.65 Å². The van der Waals surface area contributed by atoms with Gasteiger partial charge in [-0.15, -0.1) is 0 Å². The minimum absolute atomic E-state index is 0.251. The number of fused-ring (bicyclic) bond motifs is 1. The molecule has 5 nitrogen and oxygen atoms in total. The molecular weight excluding hydrogens is 287 g/mol. The van der Waals surface area contributed by atoms with E-state index in [0.29, 0.717) is 22.7 Å². The predicted octanol–water partition coefficient (Wildman–Crippen LogP) is 2.84. The van der Waals surface area contributed by atoms with E-state index in [2.05, 4.69) is 9.72 Å². The Hall–Kier alpha value is -2.89. The van der Waals surface area contributed by atoms with E-state index in [9.17, 15) is 9.18 Å². The van der Waals surface area contributed by atoms with Crippen molar-refractivity contribution in [3.63, 3.8) is 0 Å². The normalized spacial score (nSPS) is 10.6. The highest BCUT2D eigenvalue weighted by molar-refractivity contribution is 5.89. The van der Waals surface area contributed by atoms with Gasteiger partial charge in [0.05, 0.1) is 18.4 Å². The molecule has 0 saturated carbocycles. The van der Waals surface area contributed by atoms with Crippen molar-refractivity contribution in [3.05, 3.63) is 65.9 Å². The first kappa shape index (κ1) is 14.1. The highest BCUT2D eigenvalue weighted by Crippen LogP contribution is 2.14. The van der Waals surface area contributed by atoms with E-state index in [-0.39, 0.29) is 12.4 Å². The van der Waals surface area contributed by atoms with Crippen LogP contribution >= 0.6 is 0 Å². The van der Waals surface area contributed by atoms with E-state index in [0.717, 1.165) is 0 Å². The Balaban J connectivity index is 1.77. The smallest absolute Gasteiger partial charge is 0.339 e. The van der Waals surface area contributed by atoms with Gasteiger partial charge in [0.1, 0.15) is 23.8 Å². The Morgan fingerprint density at radius 1 is 1.18 bits per heavy atom. The number of rotatable bonds is 4. The standard InChI is InChI=1S/C16H13FN2O3/c1-21-16(20)11-2-7-15-18-13(9-19(15)8-11)10-22-14-5-3-12(17)4-6-14/h2-9H,10H2,1H3. The molecule has 0 amide bonds. The molecule has 6 heteroatoms. The summed E-state index contributed by atoms with van der Waals surface area (Å²) in [6, 6.07) is 9.16. The van der Waals surface area contributed by atoms with Crippen LogP contribution in [0, 0.1) is 5.82 Å². The lowest BCUT2D eigenvalue weighted by atomic mass is 10.3. The number of halogens is 1. The van der Waals surface area contributed by atoms with E-state index < -0.39 is 5.97 Å². The Labute approximate surface area is 125 Å². The minimum atomic E-state index is -0.403. The second-order valence-electron chi connectivity index (χ2n) is 4.65. The fourth-order valence-electron chi connectivity index (χ4n) is 2.04. The molecule has 0 N–H and O–H groups in total. The van der Waals surface area contributed by atoms with Crippen molar-refractivity contribution in [1.82, 2.24) is 9.38 Å². The summed E-state index contributed by atoms with van der Waals surface area (Å²) in [6.07, 6.45) is 3.42. The molecular formula is C16H13FN2O3. The van der Waals surface area contributed by atoms with Gasteiger partial charge in [0.15, 0.2) is 0 Å². The van der Waals surface area contributed by atoms with E-state index >= 15 is 0 Å². The number of esters is 1. The molecule has 2 heterocycles. The van der Waals surface area contributed by atoms with Gasteiger partial charge in [-0.25, -0.2) is 14.2 Å². The van der Waals surface area contributed by atoms with E-state index in [1.165, 1.54) is 19.2 Å². The zero-order valence-corrected chi connectivity index (χ0v) is 11.8. The molecule has 3 rings (SSSR count). The van der Waals surface area contributed by atoms with E-state index in [1.807, 2.05) is 0 Å². The topological polar surface area (TPSA) is 52.8 Å². The van der Waals surface area contributed by atoms with Crippen molar-refractivity contribution in [1.29, 1.82) is 0 Å². The third-order valence-corrected chi connectivity index (χ3v) is 3.12. The number of carbonyl (C=O) groups excluding carboxylic acids is 1. The van der Waals surface area contributed by atoms with Gasteiger partial charge >= 0.3 is 5.97 Å². The van der Waals surface area contributed by atoms with Crippen LogP contribution in [-0.4, -0.2) is 22.5 Å². The largest absolute Gasteiger partial charge is 0.487 e. The maximum absolute atomic E-state index is 12.8. The molecule has 0 aliphatic heterocycles. The van der Waals surface area contributed by atoms with E-state index in [1.54, 1.807) is 41.1 Å². The number of methoxy groups -OCH3 is 1. The zero-order valence-electron chi connectivity index (χ0n) is 11.8. The number of ether oxygens (including phenoxy) is 2. The molecule has 0 fully saturated rings. The van der Waals surface area contributed by atoms with Gasteiger partial charge in [0, 0.05) is 12.4 Å². The predicted molar refractivity (Wildman–Crippen MR) is 77.3 cm³/mol. The maximum Gasteiger partial charge on any atom is 0.339 e. The summed E-state index contributed by atoms with van der Waals surface area (Å²) < 4.78 is 24.8. The molecule has 0 atom stereocenters. The molecule has 22 heavy (non-hydrogen) atoms. The fourth-order valence-corrected chi connectivity index (χ4v) is 2.04. The van der Waals surface area contributed by atoms with Gasteiger partial charge in [-0.05, 0) is 36.4 Å². The quantitative estimate of drug-likeness (QED) is 0.695. The van der Waals surface area contributed by atoms with Crippen molar-refractivity contribution < 1.29 is 18.7 Å². The lowest BCUT2D eigenvalue weighted by Gasteiger charge is -2.02. The molecule has 0 spiro atoms. The maximum atomic E-state index is 12.8. The second-order valence-corrected chi connectivity index (χ2v) is 4.65. The van der Waals surface area contributed by atoms with Gasteiger partial charge in [-0.3, -0.25) is 0 Å². The molecule has 0 radical (unpaired) electrons. The average molecular weight is 300 g/mol. The number of imidazole rings is 1. The van der Waals surface area contributed by atoms with Crippen molar-refractivity contribution in [2.45, 2.75) is 6.61 Å². The fraction of sp³-hybridized carbons (Fsp3) is 0.125. The molecule has 0 aliphatic carbocycles. The van der Waals surface area contributed by atoms with Crippen molar-refractivity contribution in [2.75, 3.05) is 7.11 Å². The molecule has 0 bridgehead atoms. The molecule has 1 aromatic carbocycles. The number of carbonyl (C=O) groups is 1. The van der Waals surface area contributed by atoms with Crippen LogP contribution in [0.3, 0.4) is 0 Å². The van der Waals surface area contributed by atoms with Crippen LogP contribution < -0.4 is 4.74 Å². The van der Waals surface area contributed by atoms with Crippen molar-refractivity contribution in [3.8, 4) is 5.75 Å². The number of hydrogen-bond donors (Lipinski definition) is 0. The monoisotopic (exact) mass is 300 g/mol. The second kappa shape index (κ2) is 5.85. The SMILES string of the molecule is COC(=O)c1ccc2nc(COc3ccc(F)cc3)cn2c1. The average Bonchev–Trinajstić information content (AvgIpc) is 2.95. The number of pyridine rings is 1. The number of benzene rings is 1. The lowest BCUT2D eigenvalue weighted by Crippen LogP contribution is -2.02. The molecule has 112 valence electrons. The van der Waals surface area contributed by atoms with Gasteiger partial charge < -0.3 is 13.9 Å². The van der Waals surface area contributed by atoms with Crippen molar-refractivity contribution in [2.24, 2.45) is 0 Å². The summed E-state index contributed by atoms with van der Waals surface area (Å²) in [5.41, 5.74) is 1.84. The number of nitrogens with zero attached hydrogens (tertiary/aromatic N) is 2. The first-order valence-electron chi connectivity index (χ1n) is 6.60. The summed E-state index contributed by atoms with van der Waals surface area (Å²) in [5.74, 6) is -0.149. The third kappa shape index (κ3) is 2.90. The van der Waals surface area contributed by atoms with Crippen LogP contribution in [-0.2, 0) is 11.3 Å². The summed E-state index contributed by atoms with van der Waals surface area (Å²) in [7, 11) is 1.34. The van der Waals surface area contributed by atoms with Crippen LogP contribution in [0.5, 0.6) is 5.75 Å². The molecule has 0 aliphatic rings. The van der Waals surface area contributed by atoms with Gasteiger partial charge in [0.2, 0.25) is 0 Å². The molecule has 0 saturated heterocycles. The molecule has 0 unspecified atom stereocenters. The number of aromatic nitrogens is 2. The highest BCUT2D eigenvalue weighted by Gasteiger charge is 2.08. The molecule has 2 aromatic heterocycles. The number of hydrogen-bond acceptors (Lipinski definition) is 4. The summed E-state index contributed by atoms with van der Waals surface area (Å²) in [4.78, 5) is 15.9. The summed E-state index contributed by atoms with van der Waals surface area (Å²) in [6.45, 7) is 0.251. The first-order valence-corrected chi connectivity index (χ1v) is 6.60. The Kier molecular flexibility index (Phi) is 3.74. The van der Waals surface area contributed by atoms with Crippen LogP contribution in [0.2, 0.25) is 0 Å². The Bertz CT molecular complexity index is 812. The molecule has 3 aromatic rings. The van der Waals surface area contributed by atoms with Gasteiger partial charge in [0.25, 0.3) is 0 Å². The zero-order chi connectivity index (χ0) is 15.5. The Morgan fingerprint density at radius 2 is 1.95 bits per heavy atom.